The molecule has 0 saturated carbocycles. The maximum Gasteiger partial charge on any atom is 0.372 e. The Morgan fingerprint density at radius 1 is 1.33 bits per heavy atom. The van der Waals surface area contributed by atoms with Crippen molar-refractivity contribution in [3.05, 3.63) is 53.6 Å². The maximum atomic E-state index is 11.0. The lowest BCUT2D eigenvalue weighted by Gasteiger charge is -2.04. The van der Waals surface area contributed by atoms with Crippen molar-refractivity contribution < 1.29 is 19.1 Å². The largest absolute Gasteiger partial charge is 0.497 e. The van der Waals surface area contributed by atoms with E-state index in [2.05, 4.69) is 0 Å². The van der Waals surface area contributed by atoms with Gasteiger partial charge in [0.05, 0.1) is 13.7 Å². The molecule has 1 aromatic carbocycles. The van der Waals surface area contributed by atoms with Crippen LogP contribution in [0.3, 0.4) is 0 Å². The van der Waals surface area contributed by atoms with Gasteiger partial charge in [0.15, 0.2) is 0 Å². The van der Waals surface area contributed by atoms with E-state index in [-0.39, 0.29) is 5.76 Å². The highest BCUT2D eigenvalue weighted by molar-refractivity contribution is 5.86. The highest BCUT2D eigenvalue weighted by Gasteiger charge is 2.15. The van der Waals surface area contributed by atoms with E-state index in [1.807, 2.05) is 35.0 Å². The highest BCUT2D eigenvalue weighted by atomic mass is 16.5. The zero-order valence-corrected chi connectivity index (χ0v) is 11.8. The summed E-state index contributed by atoms with van der Waals surface area (Å²) in [4.78, 5) is 11.0. The summed E-state index contributed by atoms with van der Waals surface area (Å²) in [5.41, 5.74) is 1.68. The average molecular weight is 285 g/mol. The number of hydrogen-bond acceptors (Lipinski definition) is 3. The van der Waals surface area contributed by atoms with Crippen LogP contribution < -0.4 is 4.74 Å². The summed E-state index contributed by atoms with van der Waals surface area (Å²) in [7, 11) is 1.64. The van der Waals surface area contributed by atoms with E-state index < -0.39 is 5.97 Å². The van der Waals surface area contributed by atoms with Gasteiger partial charge in [0.25, 0.3) is 0 Å². The Morgan fingerprint density at radius 3 is 2.81 bits per heavy atom. The van der Waals surface area contributed by atoms with E-state index in [0.717, 1.165) is 16.7 Å². The molecule has 0 spiro atoms. The van der Waals surface area contributed by atoms with E-state index in [1.165, 1.54) is 0 Å². The molecule has 3 rings (SSSR count). The molecule has 0 bridgehead atoms. The molecule has 1 N–H and O–H groups in total. The first-order chi connectivity index (χ1) is 10.1. The van der Waals surface area contributed by atoms with Gasteiger partial charge in [-0.2, -0.15) is 0 Å². The fourth-order valence-corrected chi connectivity index (χ4v) is 2.45. The Bertz CT molecular complexity index is 813. The van der Waals surface area contributed by atoms with Crippen LogP contribution in [0.25, 0.3) is 10.9 Å². The molecule has 5 nitrogen and oxygen atoms in total. The fraction of sp³-hybridized carbons (Fsp3) is 0.188. The van der Waals surface area contributed by atoms with Gasteiger partial charge in [0.1, 0.15) is 11.5 Å². The molecule has 2 aromatic heterocycles. The van der Waals surface area contributed by atoms with E-state index in [1.54, 1.807) is 20.1 Å². The van der Waals surface area contributed by atoms with Gasteiger partial charge >= 0.3 is 5.97 Å². The van der Waals surface area contributed by atoms with Crippen LogP contribution in [0.5, 0.6) is 5.75 Å². The van der Waals surface area contributed by atoms with Gasteiger partial charge in [-0.1, -0.05) is 0 Å². The minimum atomic E-state index is -1.04. The van der Waals surface area contributed by atoms with Crippen LogP contribution in [0.2, 0.25) is 0 Å². The van der Waals surface area contributed by atoms with Crippen molar-refractivity contribution in [3.63, 3.8) is 0 Å². The van der Waals surface area contributed by atoms with Gasteiger partial charge < -0.3 is 18.8 Å². The van der Waals surface area contributed by atoms with Crippen molar-refractivity contribution >= 4 is 16.9 Å². The topological polar surface area (TPSA) is 64.6 Å². The molecular formula is C16H15NO4. The molecule has 0 aliphatic heterocycles. The molecule has 0 fully saturated rings. The van der Waals surface area contributed by atoms with E-state index in [4.69, 9.17) is 14.3 Å². The number of furan rings is 1. The first-order valence-corrected chi connectivity index (χ1v) is 6.54. The zero-order chi connectivity index (χ0) is 15.0. The van der Waals surface area contributed by atoms with Crippen molar-refractivity contribution in [1.29, 1.82) is 0 Å². The summed E-state index contributed by atoms with van der Waals surface area (Å²) in [5, 5.41) is 10.1. The predicted molar refractivity (Wildman–Crippen MR) is 78.0 cm³/mol. The number of fused-ring (bicyclic) bond motifs is 1. The maximum absolute atomic E-state index is 11.0. The second kappa shape index (κ2) is 5.01. The van der Waals surface area contributed by atoms with E-state index in [9.17, 15) is 4.79 Å². The Balaban J connectivity index is 1.95. The monoisotopic (exact) mass is 285 g/mol. The van der Waals surface area contributed by atoms with Crippen LogP contribution in [-0.2, 0) is 6.54 Å². The van der Waals surface area contributed by atoms with Crippen LogP contribution in [0.15, 0.2) is 40.9 Å². The van der Waals surface area contributed by atoms with E-state index >= 15 is 0 Å². The first-order valence-electron chi connectivity index (χ1n) is 6.54. The molecule has 0 atom stereocenters. The molecular weight excluding hydrogens is 270 g/mol. The molecule has 2 heterocycles. The quantitative estimate of drug-likeness (QED) is 0.798. The number of hydrogen-bond donors (Lipinski definition) is 1. The van der Waals surface area contributed by atoms with Gasteiger partial charge in [0, 0.05) is 22.7 Å². The van der Waals surface area contributed by atoms with Crippen LogP contribution in [0.1, 0.15) is 21.9 Å². The highest BCUT2D eigenvalue weighted by Crippen LogP contribution is 2.23. The number of carboxylic acid groups (broad SMARTS) is 1. The third-order valence-electron chi connectivity index (χ3n) is 3.47. The number of aryl methyl sites for hydroxylation is 1. The van der Waals surface area contributed by atoms with Crippen molar-refractivity contribution in [3.8, 4) is 5.75 Å². The summed E-state index contributed by atoms with van der Waals surface area (Å²) in [6.45, 7) is 2.22. The van der Waals surface area contributed by atoms with Gasteiger partial charge in [0.2, 0.25) is 5.76 Å². The molecule has 21 heavy (non-hydrogen) atoms. The third kappa shape index (κ3) is 2.38. The molecule has 0 amide bonds. The van der Waals surface area contributed by atoms with Gasteiger partial charge in [-0.05, 0) is 37.3 Å². The van der Waals surface area contributed by atoms with Gasteiger partial charge in [-0.3, -0.25) is 0 Å². The Morgan fingerprint density at radius 2 is 2.14 bits per heavy atom. The second-order valence-electron chi connectivity index (χ2n) is 4.90. The Labute approximate surface area is 121 Å². The summed E-state index contributed by atoms with van der Waals surface area (Å²) in [6.07, 6.45) is 1.95. The van der Waals surface area contributed by atoms with Crippen LogP contribution in [0.4, 0.5) is 0 Å². The normalized spacial score (nSPS) is 11.0. The second-order valence-corrected chi connectivity index (χ2v) is 4.90. The summed E-state index contributed by atoms with van der Waals surface area (Å²) in [6, 6.07) is 9.59. The fourth-order valence-electron chi connectivity index (χ4n) is 2.45. The van der Waals surface area contributed by atoms with Gasteiger partial charge in [-0.25, -0.2) is 4.79 Å². The predicted octanol–water partition coefficient (Wildman–Crippen LogP) is 3.30. The molecule has 0 unspecified atom stereocenters. The molecule has 5 heteroatoms. The minimum absolute atomic E-state index is 0.00290. The lowest BCUT2D eigenvalue weighted by atomic mass is 10.2. The summed E-state index contributed by atoms with van der Waals surface area (Å²) < 4.78 is 12.6. The molecule has 108 valence electrons. The van der Waals surface area contributed by atoms with Crippen LogP contribution >= 0.6 is 0 Å². The number of carboxylic acids is 1. The zero-order valence-electron chi connectivity index (χ0n) is 11.8. The van der Waals surface area contributed by atoms with Crippen molar-refractivity contribution in [2.24, 2.45) is 0 Å². The number of carbonyl (C=O) groups is 1. The summed E-state index contributed by atoms with van der Waals surface area (Å²) in [5.74, 6) is 0.393. The number of nitrogens with zero attached hydrogens (tertiary/aromatic N) is 1. The van der Waals surface area contributed by atoms with Crippen LogP contribution in [-0.4, -0.2) is 22.8 Å². The standard InChI is InChI=1S/C16H15NO4/c1-10-7-13(21-15(10)16(18)19)9-17-6-5-11-8-12(20-2)3-4-14(11)17/h3-8H,9H2,1-2H3,(H,18,19). The average Bonchev–Trinajstić information content (AvgIpc) is 3.02. The number of ether oxygens (including phenoxy) is 1. The van der Waals surface area contributed by atoms with Crippen molar-refractivity contribution in [1.82, 2.24) is 4.57 Å². The number of benzene rings is 1. The first kappa shape index (κ1) is 13.3. The SMILES string of the molecule is COc1ccc2c(ccn2Cc2cc(C)c(C(=O)O)o2)c1. The molecule has 3 aromatic rings. The smallest absolute Gasteiger partial charge is 0.372 e. The molecule has 0 aliphatic carbocycles. The number of methoxy groups -OCH3 is 1. The minimum Gasteiger partial charge on any atom is -0.497 e. The number of aromatic nitrogens is 1. The van der Waals surface area contributed by atoms with Crippen LogP contribution in [0, 0.1) is 6.92 Å². The van der Waals surface area contributed by atoms with Crippen molar-refractivity contribution in [2.75, 3.05) is 7.11 Å². The van der Waals surface area contributed by atoms with E-state index in [0.29, 0.717) is 17.9 Å². The molecule has 0 aliphatic rings. The Hall–Kier alpha value is -2.69. The molecule has 0 saturated heterocycles. The van der Waals surface area contributed by atoms with Crippen molar-refractivity contribution in [2.45, 2.75) is 13.5 Å². The number of rotatable bonds is 4. The molecule has 0 radical (unpaired) electrons. The lowest BCUT2D eigenvalue weighted by molar-refractivity contribution is 0.0659. The number of aromatic carboxylic acids is 1. The summed E-state index contributed by atoms with van der Waals surface area (Å²) >= 11 is 0. The Kier molecular flexibility index (Phi) is 3.17. The van der Waals surface area contributed by atoms with Gasteiger partial charge in [-0.15, -0.1) is 0 Å². The third-order valence-corrected chi connectivity index (χ3v) is 3.47. The lowest BCUT2D eigenvalue weighted by Crippen LogP contribution is -1.97.